The molecule has 0 atom stereocenters. The van der Waals surface area contributed by atoms with E-state index in [1.54, 1.807) is 31.4 Å². The Morgan fingerprint density at radius 3 is 2.53 bits per heavy atom. The monoisotopic (exact) mass is 429 g/mol. The number of fused-ring (bicyclic) bond motifs is 1. The molecule has 1 aromatic carbocycles. The molecule has 1 aliphatic heterocycles. The molecule has 1 saturated heterocycles. The van der Waals surface area contributed by atoms with Crippen LogP contribution in [0, 0.1) is 0 Å². The van der Waals surface area contributed by atoms with Crippen molar-refractivity contribution in [3.63, 3.8) is 0 Å². The van der Waals surface area contributed by atoms with E-state index < -0.39 is 10.0 Å². The Kier molecular flexibility index (Phi) is 5.44. The average Bonchev–Trinajstić information content (AvgIpc) is 2.73. The molecule has 0 amide bonds. The third-order valence-electron chi connectivity index (χ3n) is 5.14. The van der Waals surface area contributed by atoms with Gasteiger partial charge in [-0.25, -0.2) is 17.7 Å². The van der Waals surface area contributed by atoms with Gasteiger partial charge in [-0.15, -0.1) is 0 Å². The van der Waals surface area contributed by atoms with E-state index in [1.807, 2.05) is 18.2 Å². The Morgan fingerprint density at radius 1 is 1.17 bits per heavy atom. The fourth-order valence-electron chi connectivity index (χ4n) is 3.49. The minimum atomic E-state index is -3.16. The Labute approximate surface area is 174 Å². The van der Waals surface area contributed by atoms with Crippen molar-refractivity contribution in [2.75, 3.05) is 24.7 Å². The Balaban J connectivity index is 1.54. The van der Waals surface area contributed by atoms with Crippen LogP contribution < -0.4 is 15.6 Å². The summed E-state index contributed by atoms with van der Waals surface area (Å²) in [7, 11) is -1.52. The van der Waals surface area contributed by atoms with E-state index >= 15 is 0 Å². The minimum Gasteiger partial charge on any atom is -0.452 e. The lowest BCUT2D eigenvalue weighted by molar-refractivity contribution is 0.331. The van der Waals surface area contributed by atoms with Gasteiger partial charge in [0.2, 0.25) is 16.0 Å². The van der Waals surface area contributed by atoms with E-state index in [0.717, 1.165) is 0 Å². The lowest BCUT2D eigenvalue weighted by Gasteiger charge is -2.30. The number of benzene rings is 1. The quantitative estimate of drug-likeness (QED) is 0.661. The SMILES string of the molecule is Cn1c(=O)c(Oc2ccccc2)cc2cnc(NC3CCN(S(C)(=O)=O)CC3)nc21. The van der Waals surface area contributed by atoms with Crippen LogP contribution in [0.5, 0.6) is 11.5 Å². The molecule has 158 valence electrons. The Hall–Kier alpha value is -2.98. The van der Waals surface area contributed by atoms with Crippen LogP contribution >= 0.6 is 0 Å². The van der Waals surface area contributed by atoms with Crippen molar-refractivity contribution in [3.8, 4) is 11.5 Å². The first kappa shape index (κ1) is 20.3. The predicted octanol–water partition coefficient (Wildman–Crippen LogP) is 1.96. The topological polar surface area (TPSA) is 106 Å². The number of rotatable bonds is 5. The number of nitrogens with one attached hydrogen (secondary N) is 1. The largest absolute Gasteiger partial charge is 0.452 e. The van der Waals surface area contributed by atoms with Crippen LogP contribution in [-0.4, -0.2) is 52.6 Å². The molecular weight excluding hydrogens is 406 g/mol. The highest BCUT2D eigenvalue weighted by atomic mass is 32.2. The molecule has 1 aliphatic rings. The molecule has 0 aliphatic carbocycles. The third-order valence-corrected chi connectivity index (χ3v) is 6.45. The Morgan fingerprint density at radius 2 is 1.87 bits per heavy atom. The molecule has 4 rings (SSSR count). The maximum absolute atomic E-state index is 12.7. The maximum atomic E-state index is 12.7. The second kappa shape index (κ2) is 8.04. The van der Waals surface area contributed by atoms with Crippen molar-refractivity contribution in [2.24, 2.45) is 7.05 Å². The van der Waals surface area contributed by atoms with E-state index in [4.69, 9.17) is 4.74 Å². The number of sulfonamides is 1. The summed E-state index contributed by atoms with van der Waals surface area (Å²) in [4.78, 5) is 21.6. The normalized spacial score (nSPS) is 15.9. The third kappa shape index (κ3) is 4.29. The van der Waals surface area contributed by atoms with Crippen molar-refractivity contribution < 1.29 is 13.2 Å². The highest BCUT2D eigenvalue weighted by Crippen LogP contribution is 2.22. The zero-order chi connectivity index (χ0) is 21.3. The van der Waals surface area contributed by atoms with Gasteiger partial charge in [0, 0.05) is 37.8 Å². The van der Waals surface area contributed by atoms with Crippen LogP contribution in [0.3, 0.4) is 0 Å². The van der Waals surface area contributed by atoms with Gasteiger partial charge in [-0.2, -0.15) is 4.98 Å². The van der Waals surface area contributed by atoms with Gasteiger partial charge in [0.25, 0.3) is 5.56 Å². The van der Waals surface area contributed by atoms with Crippen LogP contribution in [-0.2, 0) is 17.1 Å². The van der Waals surface area contributed by atoms with Crippen molar-refractivity contribution >= 4 is 27.0 Å². The minimum absolute atomic E-state index is 0.0677. The summed E-state index contributed by atoms with van der Waals surface area (Å²) in [5.74, 6) is 1.19. The number of aryl methyl sites for hydroxylation is 1. The number of hydrogen-bond acceptors (Lipinski definition) is 7. The van der Waals surface area contributed by atoms with Gasteiger partial charge in [-0.05, 0) is 31.0 Å². The van der Waals surface area contributed by atoms with E-state index in [0.29, 0.717) is 48.7 Å². The van der Waals surface area contributed by atoms with Gasteiger partial charge >= 0.3 is 0 Å². The first-order valence-corrected chi connectivity index (χ1v) is 11.5. The van der Waals surface area contributed by atoms with Crippen LogP contribution in [0.2, 0.25) is 0 Å². The van der Waals surface area contributed by atoms with Crippen molar-refractivity contribution in [2.45, 2.75) is 18.9 Å². The summed E-state index contributed by atoms with van der Waals surface area (Å²) in [6, 6.07) is 10.8. The molecule has 0 unspecified atom stereocenters. The second-order valence-corrected chi connectivity index (χ2v) is 9.32. The van der Waals surface area contributed by atoms with Crippen LogP contribution in [0.25, 0.3) is 11.0 Å². The van der Waals surface area contributed by atoms with Gasteiger partial charge in [-0.1, -0.05) is 18.2 Å². The molecule has 1 fully saturated rings. The summed E-state index contributed by atoms with van der Waals surface area (Å²) in [5, 5.41) is 3.94. The molecule has 9 nitrogen and oxygen atoms in total. The van der Waals surface area contributed by atoms with Crippen LogP contribution in [0.15, 0.2) is 47.4 Å². The number of para-hydroxylation sites is 1. The highest BCUT2D eigenvalue weighted by Gasteiger charge is 2.25. The molecule has 10 heteroatoms. The van der Waals surface area contributed by atoms with E-state index in [1.165, 1.54) is 15.1 Å². The number of pyridine rings is 1. The van der Waals surface area contributed by atoms with E-state index in [9.17, 15) is 13.2 Å². The molecule has 0 spiro atoms. The molecule has 3 aromatic rings. The molecule has 0 saturated carbocycles. The number of piperidine rings is 1. The van der Waals surface area contributed by atoms with Gasteiger partial charge in [0.15, 0.2) is 5.75 Å². The van der Waals surface area contributed by atoms with Gasteiger partial charge in [0.05, 0.1) is 6.26 Å². The second-order valence-electron chi connectivity index (χ2n) is 7.34. The summed E-state index contributed by atoms with van der Waals surface area (Å²) in [6.45, 7) is 0.922. The summed E-state index contributed by atoms with van der Waals surface area (Å²) in [6.07, 6.45) is 4.20. The summed E-state index contributed by atoms with van der Waals surface area (Å²) >= 11 is 0. The average molecular weight is 430 g/mol. The lowest BCUT2D eigenvalue weighted by atomic mass is 10.1. The predicted molar refractivity (Wildman–Crippen MR) is 114 cm³/mol. The Bertz CT molecular complexity index is 1220. The number of anilines is 1. The van der Waals surface area contributed by atoms with Crippen LogP contribution in [0.4, 0.5) is 5.95 Å². The van der Waals surface area contributed by atoms with Crippen molar-refractivity contribution in [1.29, 1.82) is 0 Å². The summed E-state index contributed by atoms with van der Waals surface area (Å²) in [5.41, 5.74) is 0.198. The summed E-state index contributed by atoms with van der Waals surface area (Å²) < 4.78 is 31.9. The molecule has 2 aromatic heterocycles. The molecule has 3 heterocycles. The van der Waals surface area contributed by atoms with Crippen LogP contribution in [0.1, 0.15) is 12.8 Å². The molecular formula is C20H23N5O4S. The lowest BCUT2D eigenvalue weighted by Crippen LogP contribution is -2.42. The first-order chi connectivity index (χ1) is 14.3. The van der Waals surface area contributed by atoms with E-state index in [2.05, 4.69) is 15.3 Å². The van der Waals surface area contributed by atoms with E-state index in [-0.39, 0.29) is 17.4 Å². The number of nitrogens with zero attached hydrogens (tertiary/aromatic N) is 4. The number of ether oxygens (including phenoxy) is 1. The highest BCUT2D eigenvalue weighted by molar-refractivity contribution is 7.88. The van der Waals surface area contributed by atoms with Crippen molar-refractivity contribution in [3.05, 3.63) is 52.9 Å². The fourth-order valence-corrected chi connectivity index (χ4v) is 4.36. The fraction of sp³-hybridized carbons (Fsp3) is 0.350. The maximum Gasteiger partial charge on any atom is 0.294 e. The number of hydrogen-bond donors (Lipinski definition) is 1. The molecule has 30 heavy (non-hydrogen) atoms. The molecule has 0 bridgehead atoms. The molecule has 0 radical (unpaired) electrons. The van der Waals surface area contributed by atoms with Gasteiger partial charge in [0.1, 0.15) is 11.4 Å². The van der Waals surface area contributed by atoms with Gasteiger partial charge in [-0.3, -0.25) is 9.36 Å². The first-order valence-electron chi connectivity index (χ1n) is 9.62. The zero-order valence-corrected chi connectivity index (χ0v) is 17.6. The number of aromatic nitrogens is 3. The smallest absolute Gasteiger partial charge is 0.294 e. The standard InChI is InChI=1S/C20H23N5O4S/c1-24-18-14(12-17(19(24)26)29-16-6-4-3-5-7-16)13-21-20(23-18)22-15-8-10-25(11-9-15)30(2,27)28/h3-7,12-13,15H,8-11H2,1-2H3,(H,21,22,23). The van der Waals surface area contributed by atoms with Crippen molar-refractivity contribution in [1.82, 2.24) is 18.8 Å². The zero-order valence-electron chi connectivity index (χ0n) is 16.8. The molecule has 1 N–H and O–H groups in total. The van der Waals surface area contributed by atoms with Gasteiger partial charge < -0.3 is 10.1 Å².